The Balaban J connectivity index is 0. The molecule has 10 heteroatoms. The van der Waals surface area contributed by atoms with E-state index in [9.17, 15) is 19.2 Å². The number of esters is 1. The van der Waals surface area contributed by atoms with Crippen molar-refractivity contribution >= 4 is 23.8 Å². The van der Waals surface area contributed by atoms with Crippen LogP contribution in [0.3, 0.4) is 0 Å². The molecule has 0 saturated heterocycles. The Kier molecular flexibility index (Phi) is 49.4. The van der Waals surface area contributed by atoms with Crippen molar-refractivity contribution in [1.29, 1.82) is 0 Å². The molecule has 0 radical (unpaired) electrons. The van der Waals surface area contributed by atoms with E-state index in [1.54, 1.807) is 0 Å². The van der Waals surface area contributed by atoms with Crippen molar-refractivity contribution in [2.24, 2.45) is 11.5 Å². The van der Waals surface area contributed by atoms with Crippen molar-refractivity contribution in [3.63, 3.8) is 0 Å². The minimum absolute atomic E-state index is 0.107. The number of carboxylic acid groups (broad SMARTS) is 1. The number of hydrogen-bond acceptors (Lipinski definition) is 7. The fourth-order valence-electron chi connectivity index (χ4n) is 7.27. The van der Waals surface area contributed by atoms with Crippen molar-refractivity contribution in [2.45, 2.75) is 277 Å². The highest BCUT2D eigenvalue weighted by atomic mass is 16.5. The van der Waals surface area contributed by atoms with Gasteiger partial charge >= 0.3 is 11.9 Å². The number of unbranched alkanes of at least 4 members (excludes halogenated alkanes) is 29. The Labute approximate surface area is 370 Å². The zero-order valence-electron chi connectivity index (χ0n) is 39.8. The second kappa shape index (κ2) is 49.5. The van der Waals surface area contributed by atoms with Crippen molar-refractivity contribution in [2.75, 3.05) is 19.7 Å². The van der Waals surface area contributed by atoms with Crippen LogP contribution in [0.4, 0.5) is 0 Å². The summed E-state index contributed by atoms with van der Waals surface area (Å²) < 4.78 is 5.35. The SMILES string of the molecule is CCCCCCCCCCCC(=O)NCCCCC(N)C(=O)O.CCCCCCCCCCCCCCOC(=O)C(N)CCCCNC(=O)CCCCCCCCCCC. The number of carbonyl (C=O) groups excluding carboxylic acids is 3. The lowest BCUT2D eigenvalue weighted by Crippen LogP contribution is -2.32. The predicted octanol–water partition coefficient (Wildman–Crippen LogP) is 12.4. The molecule has 0 rings (SSSR count). The molecule has 0 aromatic carbocycles. The first-order valence-electron chi connectivity index (χ1n) is 25.6. The van der Waals surface area contributed by atoms with Crippen LogP contribution >= 0.6 is 0 Å². The van der Waals surface area contributed by atoms with Gasteiger partial charge in [0.2, 0.25) is 11.8 Å². The van der Waals surface area contributed by atoms with Crippen LogP contribution in [0.25, 0.3) is 0 Å². The summed E-state index contributed by atoms with van der Waals surface area (Å²) in [4.78, 5) is 46.2. The van der Waals surface area contributed by atoms with Crippen LogP contribution in [0.5, 0.6) is 0 Å². The smallest absolute Gasteiger partial charge is 0.322 e. The third-order valence-corrected chi connectivity index (χ3v) is 11.4. The highest BCUT2D eigenvalue weighted by Gasteiger charge is 2.14. The first kappa shape index (κ1) is 59.9. The maximum absolute atomic E-state index is 12.1. The van der Waals surface area contributed by atoms with Crippen molar-refractivity contribution in [3.8, 4) is 0 Å². The van der Waals surface area contributed by atoms with Crippen LogP contribution in [-0.2, 0) is 23.9 Å². The molecule has 356 valence electrons. The van der Waals surface area contributed by atoms with Crippen molar-refractivity contribution in [1.82, 2.24) is 10.6 Å². The highest BCUT2D eigenvalue weighted by molar-refractivity contribution is 5.76. The van der Waals surface area contributed by atoms with E-state index in [4.69, 9.17) is 21.3 Å². The molecular weight excluding hydrogens is 753 g/mol. The summed E-state index contributed by atoms with van der Waals surface area (Å²) in [6.45, 7) is 8.51. The Hall–Kier alpha value is -2.20. The zero-order chi connectivity index (χ0) is 44.6. The topological polar surface area (TPSA) is 174 Å². The summed E-state index contributed by atoms with van der Waals surface area (Å²) in [5.41, 5.74) is 11.4. The number of nitrogens with two attached hydrogens (primary N) is 2. The first-order chi connectivity index (χ1) is 29.2. The van der Waals surface area contributed by atoms with Gasteiger partial charge in [0, 0.05) is 25.9 Å². The number of nitrogens with one attached hydrogen (secondary N) is 2. The van der Waals surface area contributed by atoms with Gasteiger partial charge in [-0.2, -0.15) is 0 Å². The largest absolute Gasteiger partial charge is 0.480 e. The third kappa shape index (κ3) is 48.5. The lowest BCUT2D eigenvalue weighted by atomic mass is 10.1. The van der Waals surface area contributed by atoms with Gasteiger partial charge in [-0.05, 0) is 57.8 Å². The second-order valence-electron chi connectivity index (χ2n) is 17.5. The monoisotopic (exact) mass is 853 g/mol. The van der Waals surface area contributed by atoms with Crippen LogP contribution in [0.1, 0.15) is 265 Å². The van der Waals surface area contributed by atoms with Gasteiger partial charge in [-0.3, -0.25) is 19.2 Å². The molecule has 0 spiro atoms. The Morgan fingerprint density at radius 2 is 0.717 bits per heavy atom. The minimum Gasteiger partial charge on any atom is -0.480 e. The molecule has 0 aliphatic carbocycles. The van der Waals surface area contributed by atoms with Gasteiger partial charge in [-0.1, -0.05) is 194 Å². The van der Waals surface area contributed by atoms with Crippen LogP contribution in [0.2, 0.25) is 0 Å². The molecule has 2 unspecified atom stereocenters. The van der Waals surface area contributed by atoms with Gasteiger partial charge in [0.1, 0.15) is 12.1 Å². The fourth-order valence-corrected chi connectivity index (χ4v) is 7.27. The number of ether oxygens (including phenoxy) is 1. The first-order valence-corrected chi connectivity index (χ1v) is 25.6. The molecule has 7 N–H and O–H groups in total. The number of carbonyl (C=O) groups is 4. The normalized spacial score (nSPS) is 12.0. The number of amides is 2. The second-order valence-corrected chi connectivity index (χ2v) is 17.5. The van der Waals surface area contributed by atoms with Gasteiger partial charge in [0.25, 0.3) is 0 Å². The van der Waals surface area contributed by atoms with Crippen LogP contribution in [0, 0.1) is 0 Å². The van der Waals surface area contributed by atoms with Gasteiger partial charge in [-0.25, -0.2) is 0 Å². The maximum Gasteiger partial charge on any atom is 0.322 e. The number of aliphatic carboxylic acids is 1. The van der Waals surface area contributed by atoms with E-state index >= 15 is 0 Å². The van der Waals surface area contributed by atoms with Crippen molar-refractivity contribution < 1.29 is 29.0 Å². The standard InChI is InChI=1S/C32H64N2O3.C18H36N2O3/c1-3-5-7-9-11-13-14-15-17-19-21-25-29-37-32(36)30(33)26-23-24-28-34-31(35)27-22-20-18-16-12-10-8-6-4-2;1-2-3-4-5-6-7-8-9-10-14-17(21)20-15-12-11-13-16(19)18(22)23/h30H,3-29,33H2,1-2H3,(H,34,35);16H,2-15,19H2,1H3,(H,20,21)(H,22,23). The maximum atomic E-state index is 12.1. The van der Waals surface area contributed by atoms with E-state index in [0.717, 1.165) is 64.2 Å². The van der Waals surface area contributed by atoms with E-state index in [2.05, 4.69) is 31.4 Å². The summed E-state index contributed by atoms with van der Waals surface area (Å²) in [7, 11) is 0. The van der Waals surface area contributed by atoms with Gasteiger partial charge in [0.05, 0.1) is 6.61 Å². The molecule has 2 amide bonds. The van der Waals surface area contributed by atoms with Gasteiger partial charge < -0.3 is 31.9 Å². The molecule has 2 atom stereocenters. The Morgan fingerprint density at radius 1 is 0.417 bits per heavy atom. The summed E-state index contributed by atoms with van der Waals surface area (Å²) >= 11 is 0. The van der Waals surface area contributed by atoms with E-state index in [1.807, 2.05) is 0 Å². The lowest BCUT2D eigenvalue weighted by Gasteiger charge is -2.12. The summed E-state index contributed by atoms with van der Waals surface area (Å²) in [5, 5.41) is 14.5. The Morgan fingerprint density at radius 3 is 1.05 bits per heavy atom. The van der Waals surface area contributed by atoms with E-state index < -0.39 is 18.1 Å². The average Bonchev–Trinajstić information content (AvgIpc) is 3.23. The van der Waals surface area contributed by atoms with Gasteiger partial charge in [-0.15, -0.1) is 0 Å². The zero-order valence-corrected chi connectivity index (χ0v) is 39.8. The van der Waals surface area contributed by atoms with Gasteiger partial charge in [0.15, 0.2) is 0 Å². The van der Waals surface area contributed by atoms with Crippen molar-refractivity contribution in [3.05, 3.63) is 0 Å². The van der Waals surface area contributed by atoms with Crippen LogP contribution < -0.4 is 22.1 Å². The minimum atomic E-state index is -0.959. The average molecular weight is 853 g/mol. The molecular formula is C50H100N4O6. The lowest BCUT2D eigenvalue weighted by molar-refractivity contribution is -0.145. The number of rotatable bonds is 45. The molecule has 0 bridgehead atoms. The van der Waals surface area contributed by atoms with E-state index in [-0.39, 0.29) is 17.8 Å². The van der Waals surface area contributed by atoms with Crippen LogP contribution in [0.15, 0.2) is 0 Å². The molecule has 10 nitrogen and oxygen atoms in total. The number of hydrogen-bond donors (Lipinski definition) is 5. The summed E-state index contributed by atoms with van der Waals surface area (Å²) in [6, 6.07) is -1.33. The number of carboxylic acids is 1. The fraction of sp³-hybridized carbons (Fsp3) is 0.920. The third-order valence-electron chi connectivity index (χ3n) is 11.4. The molecule has 60 heavy (non-hydrogen) atoms. The van der Waals surface area contributed by atoms with E-state index in [0.29, 0.717) is 45.4 Å². The summed E-state index contributed by atoms with van der Waals surface area (Å²) in [6.07, 6.45) is 43.7. The molecule has 0 aromatic heterocycles. The molecule has 0 aliphatic rings. The molecule has 0 aromatic rings. The highest BCUT2D eigenvalue weighted by Crippen LogP contribution is 2.14. The van der Waals surface area contributed by atoms with E-state index in [1.165, 1.54) is 154 Å². The predicted molar refractivity (Wildman–Crippen MR) is 253 cm³/mol. The molecule has 0 aliphatic heterocycles. The Bertz CT molecular complexity index is 952. The molecule has 0 fully saturated rings. The van der Waals surface area contributed by atoms with Crippen LogP contribution in [-0.4, -0.2) is 60.6 Å². The molecule has 0 saturated carbocycles. The molecule has 0 heterocycles. The quantitative estimate of drug-likeness (QED) is 0.0297. The summed E-state index contributed by atoms with van der Waals surface area (Å²) in [5.74, 6) is -0.985.